The molecule has 166 valence electrons. The number of aryl methyl sites for hydroxylation is 1. The first kappa shape index (κ1) is 23.1. The molecular weight excluding hydrogens is 370 g/mol. The summed E-state index contributed by atoms with van der Waals surface area (Å²) in [5.41, 5.74) is 8.41. The van der Waals surface area contributed by atoms with Gasteiger partial charge < -0.3 is 10.5 Å². The molecule has 0 amide bonds. The van der Waals surface area contributed by atoms with Crippen LogP contribution in [0.15, 0.2) is 36.5 Å². The van der Waals surface area contributed by atoms with Gasteiger partial charge in [0.15, 0.2) is 0 Å². The Morgan fingerprint density at radius 1 is 0.967 bits per heavy atom. The van der Waals surface area contributed by atoms with Crippen LogP contribution in [0.1, 0.15) is 88.2 Å². The summed E-state index contributed by atoms with van der Waals surface area (Å²) in [6, 6.07) is 8.57. The quantitative estimate of drug-likeness (QED) is 0.374. The molecule has 0 aliphatic heterocycles. The van der Waals surface area contributed by atoms with E-state index in [9.17, 15) is 4.79 Å². The molecular formula is C27H41NO2. The van der Waals surface area contributed by atoms with Gasteiger partial charge in [-0.2, -0.15) is 0 Å². The Labute approximate surface area is 183 Å². The highest BCUT2D eigenvalue weighted by Gasteiger charge is 2.50. The van der Waals surface area contributed by atoms with Gasteiger partial charge >= 0.3 is 0 Å². The zero-order valence-electron chi connectivity index (χ0n) is 18.8. The molecule has 0 saturated heterocycles. The first-order valence-corrected chi connectivity index (χ1v) is 12.2. The molecule has 3 rings (SSSR count). The Bertz CT molecular complexity index is 669. The van der Waals surface area contributed by atoms with Crippen molar-refractivity contribution in [1.82, 2.24) is 0 Å². The van der Waals surface area contributed by atoms with Gasteiger partial charge in [-0.25, -0.2) is 0 Å². The van der Waals surface area contributed by atoms with Gasteiger partial charge in [0.2, 0.25) is 0 Å². The maximum Gasteiger partial charge on any atom is 0.149 e. The van der Waals surface area contributed by atoms with E-state index in [-0.39, 0.29) is 5.78 Å². The van der Waals surface area contributed by atoms with Crippen molar-refractivity contribution in [1.29, 1.82) is 0 Å². The average Bonchev–Trinajstić information content (AvgIpc) is 3.57. The van der Waals surface area contributed by atoms with Crippen LogP contribution in [0.4, 0.5) is 0 Å². The molecule has 2 saturated carbocycles. The SMILES string of the molecule is C=C(N)C1(C(=O)Cc2ccc(CCCCCCCOCC3CCCCC3)cc2)CC1. The third-order valence-electron chi connectivity index (χ3n) is 7.12. The van der Waals surface area contributed by atoms with Crippen molar-refractivity contribution in [3.8, 4) is 0 Å². The lowest BCUT2D eigenvalue weighted by molar-refractivity contribution is -0.122. The summed E-state index contributed by atoms with van der Waals surface area (Å²) in [4.78, 5) is 12.5. The highest BCUT2D eigenvalue weighted by Crippen LogP contribution is 2.50. The minimum absolute atomic E-state index is 0.227. The molecule has 2 aliphatic rings. The van der Waals surface area contributed by atoms with Gasteiger partial charge in [0.1, 0.15) is 5.78 Å². The topological polar surface area (TPSA) is 52.3 Å². The van der Waals surface area contributed by atoms with E-state index in [1.165, 1.54) is 69.8 Å². The number of ketones is 1. The molecule has 0 unspecified atom stereocenters. The maximum atomic E-state index is 12.5. The predicted molar refractivity (Wildman–Crippen MR) is 124 cm³/mol. The summed E-state index contributed by atoms with van der Waals surface area (Å²) in [6.45, 7) is 5.73. The summed E-state index contributed by atoms with van der Waals surface area (Å²) in [6.07, 6.45) is 16.6. The van der Waals surface area contributed by atoms with Crippen LogP contribution < -0.4 is 5.73 Å². The van der Waals surface area contributed by atoms with Gasteiger partial charge in [-0.05, 0) is 62.0 Å². The normalized spacial score (nSPS) is 18.3. The summed E-state index contributed by atoms with van der Waals surface area (Å²) in [5.74, 6) is 1.06. The second-order valence-corrected chi connectivity index (χ2v) is 9.62. The first-order valence-electron chi connectivity index (χ1n) is 12.2. The fraction of sp³-hybridized carbons (Fsp3) is 0.667. The third kappa shape index (κ3) is 6.97. The van der Waals surface area contributed by atoms with Gasteiger partial charge in [0, 0.05) is 25.3 Å². The maximum absolute atomic E-state index is 12.5. The van der Waals surface area contributed by atoms with Crippen LogP contribution in [-0.4, -0.2) is 19.0 Å². The summed E-state index contributed by atoms with van der Waals surface area (Å²) >= 11 is 0. The van der Waals surface area contributed by atoms with Crippen LogP contribution in [0.25, 0.3) is 0 Å². The zero-order chi connectivity index (χ0) is 21.2. The molecule has 0 heterocycles. The number of hydrogen-bond acceptors (Lipinski definition) is 3. The lowest BCUT2D eigenvalue weighted by Gasteiger charge is -2.21. The zero-order valence-corrected chi connectivity index (χ0v) is 18.8. The van der Waals surface area contributed by atoms with E-state index in [2.05, 4.69) is 30.8 Å². The summed E-state index contributed by atoms with van der Waals surface area (Å²) in [5, 5.41) is 0. The fourth-order valence-corrected chi connectivity index (χ4v) is 4.75. The molecule has 0 radical (unpaired) electrons. The smallest absolute Gasteiger partial charge is 0.149 e. The van der Waals surface area contributed by atoms with E-state index >= 15 is 0 Å². The Hall–Kier alpha value is -1.61. The lowest BCUT2D eigenvalue weighted by atomic mass is 9.90. The molecule has 0 atom stereocenters. The average molecular weight is 412 g/mol. The van der Waals surface area contributed by atoms with Crippen LogP contribution in [0.2, 0.25) is 0 Å². The van der Waals surface area contributed by atoms with Crippen LogP contribution >= 0.6 is 0 Å². The summed E-state index contributed by atoms with van der Waals surface area (Å²) < 4.78 is 5.89. The number of carbonyl (C=O) groups excluding carboxylic acids is 1. The minimum atomic E-state index is -0.417. The molecule has 2 aliphatic carbocycles. The largest absolute Gasteiger partial charge is 0.402 e. The fourth-order valence-electron chi connectivity index (χ4n) is 4.75. The molecule has 1 aromatic rings. The molecule has 30 heavy (non-hydrogen) atoms. The van der Waals surface area contributed by atoms with Crippen molar-refractivity contribution >= 4 is 5.78 Å². The summed E-state index contributed by atoms with van der Waals surface area (Å²) in [7, 11) is 0. The van der Waals surface area contributed by atoms with Crippen LogP contribution in [-0.2, 0) is 22.4 Å². The first-order chi connectivity index (χ1) is 14.6. The van der Waals surface area contributed by atoms with Crippen molar-refractivity contribution in [2.75, 3.05) is 13.2 Å². The second kappa shape index (κ2) is 11.7. The van der Waals surface area contributed by atoms with Gasteiger partial charge in [-0.1, -0.05) is 69.4 Å². The number of allylic oxidation sites excluding steroid dienone is 1. The van der Waals surface area contributed by atoms with Gasteiger partial charge in [0.05, 0.1) is 5.41 Å². The number of ether oxygens (including phenoxy) is 1. The number of unbranched alkanes of at least 4 members (excludes halogenated alkanes) is 4. The molecule has 1 aromatic carbocycles. The lowest BCUT2D eigenvalue weighted by Crippen LogP contribution is -2.24. The Morgan fingerprint density at radius 3 is 2.27 bits per heavy atom. The van der Waals surface area contributed by atoms with Gasteiger partial charge in [-0.3, -0.25) is 4.79 Å². The monoisotopic (exact) mass is 411 g/mol. The van der Waals surface area contributed by atoms with E-state index in [1.807, 2.05) is 0 Å². The number of nitrogens with two attached hydrogens (primary N) is 1. The molecule has 2 fully saturated rings. The molecule has 2 N–H and O–H groups in total. The standard InChI is InChI=1S/C27H41NO2/c1-22(28)27(17-18-27)26(29)20-24-15-13-23(14-16-24)10-6-3-2-4-9-19-30-21-25-11-7-5-8-12-25/h13-16,25H,1-12,17-21,28H2. The molecule has 3 nitrogen and oxygen atoms in total. The number of rotatable bonds is 14. The molecule has 3 heteroatoms. The number of carbonyl (C=O) groups is 1. The number of Topliss-reactive ketones (excluding diaryl/α,β-unsaturated/α-hetero) is 1. The van der Waals surface area contributed by atoms with Crippen LogP contribution in [0.5, 0.6) is 0 Å². The van der Waals surface area contributed by atoms with E-state index in [0.717, 1.165) is 44.0 Å². The van der Waals surface area contributed by atoms with Crippen molar-refractivity contribution in [2.45, 2.75) is 89.9 Å². The van der Waals surface area contributed by atoms with Crippen molar-refractivity contribution in [3.63, 3.8) is 0 Å². The number of hydrogen-bond donors (Lipinski definition) is 1. The van der Waals surface area contributed by atoms with Crippen molar-refractivity contribution < 1.29 is 9.53 Å². The highest BCUT2D eigenvalue weighted by atomic mass is 16.5. The van der Waals surface area contributed by atoms with Crippen LogP contribution in [0.3, 0.4) is 0 Å². The predicted octanol–water partition coefficient (Wildman–Crippen LogP) is 6.14. The van der Waals surface area contributed by atoms with Crippen LogP contribution in [0, 0.1) is 11.3 Å². The van der Waals surface area contributed by atoms with Crippen molar-refractivity contribution in [3.05, 3.63) is 47.7 Å². The van der Waals surface area contributed by atoms with Crippen molar-refractivity contribution in [2.24, 2.45) is 17.1 Å². The molecule has 0 bridgehead atoms. The molecule has 0 spiro atoms. The minimum Gasteiger partial charge on any atom is -0.402 e. The van der Waals surface area contributed by atoms with E-state index < -0.39 is 5.41 Å². The third-order valence-corrected chi connectivity index (χ3v) is 7.12. The molecule has 0 aromatic heterocycles. The van der Waals surface area contributed by atoms with E-state index in [1.54, 1.807) is 0 Å². The van der Waals surface area contributed by atoms with E-state index in [0.29, 0.717) is 12.1 Å². The highest BCUT2D eigenvalue weighted by molar-refractivity contribution is 5.91. The number of benzene rings is 1. The van der Waals surface area contributed by atoms with Gasteiger partial charge in [0.25, 0.3) is 0 Å². The Balaban J connectivity index is 1.21. The Morgan fingerprint density at radius 2 is 1.60 bits per heavy atom. The Kier molecular flexibility index (Phi) is 8.99. The van der Waals surface area contributed by atoms with E-state index in [4.69, 9.17) is 10.5 Å². The second-order valence-electron chi connectivity index (χ2n) is 9.62. The van der Waals surface area contributed by atoms with Gasteiger partial charge in [-0.15, -0.1) is 0 Å².